The number of fused-ring (bicyclic) bond motifs is 1. The summed E-state index contributed by atoms with van der Waals surface area (Å²) < 4.78 is 40.2. The van der Waals surface area contributed by atoms with Crippen LogP contribution in [0.15, 0.2) is 47.5 Å². The molecule has 0 aliphatic carbocycles. The molecule has 2 aromatic carbocycles. The lowest BCUT2D eigenvalue weighted by molar-refractivity contribution is -0.385. The number of halogens is 1. The average molecular weight is 336 g/mol. The second-order valence-electron chi connectivity index (χ2n) is 4.68. The maximum atomic E-state index is 13.4. The van der Waals surface area contributed by atoms with E-state index in [-0.39, 0.29) is 5.69 Å². The number of aromatic amines is 1. The number of nitrogens with zero attached hydrogens (tertiary/aromatic N) is 2. The average Bonchev–Trinajstić information content (AvgIpc) is 2.93. The van der Waals surface area contributed by atoms with Gasteiger partial charge in [0.05, 0.1) is 33.3 Å². The summed E-state index contributed by atoms with van der Waals surface area (Å²) in [6, 6.07) is 6.81. The van der Waals surface area contributed by atoms with Crippen molar-refractivity contribution < 1.29 is 17.7 Å². The molecule has 8 nitrogen and oxygen atoms in total. The van der Waals surface area contributed by atoms with Crippen molar-refractivity contribution in [2.75, 3.05) is 4.72 Å². The van der Waals surface area contributed by atoms with Crippen LogP contribution in [-0.2, 0) is 10.0 Å². The highest BCUT2D eigenvalue weighted by Crippen LogP contribution is 2.23. The summed E-state index contributed by atoms with van der Waals surface area (Å²) in [5.74, 6) is -1.01. The summed E-state index contributed by atoms with van der Waals surface area (Å²) in [5, 5.41) is 18.0. The van der Waals surface area contributed by atoms with Crippen LogP contribution in [0.4, 0.5) is 15.8 Å². The lowest BCUT2D eigenvalue weighted by atomic mass is 10.2. The van der Waals surface area contributed by atoms with Crippen LogP contribution in [0, 0.1) is 15.9 Å². The monoisotopic (exact) mass is 336 g/mol. The normalized spacial score (nSPS) is 11.5. The molecule has 3 rings (SSSR count). The summed E-state index contributed by atoms with van der Waals surface area (Å²) in [5.41, 5.74) is 0.179. The number of anilines is 1. The Bertz CT molecular complexity index is 1020. The zero-order valence-electron chi connectivity index (χ0n) is 11.4. The third-order valence-corrected chi connectivity index (χ3v) is 4.43. The van der Waals surface area contributed by atoms with Crippen LogP contribution in [0.2, 0.25) is 0 Å². The van der Waals surface area contributed by atoms with Gasteiger partial charge in [-0.1, -0.05) is 0 Å². The second-order valence-corrected chi connectivity index (χ2v) is 6.36. The number of non-ortho nitro benzene ring substituents is 1. The fraction of sp³-hybridized carbons (Fsp3) is 0. The molecule has 0 radical (unpaired) electrons. The fourth-order valence-electron chi connectivity index (χ4n) is 2.02. The largest absolute Gasteiger partial charge is 0.280 e. The predicted octanol–water partition coefficient (Wildman–Crippen LogP) is 2.41. The van der Waals surface area contributed by atoms with Gasteiger partial charge in [0.25, 0.3) is 15.7 Å². The maximum Gasteiger partial charge on any atom is 0.273 e. The number of nitro groups is 1. The molecule has 118 valence electrons. The van der Waals surface area contributed by atoms with E-state index in [9.17, 15) is 22.9 Å². The van der Waals surface area contributed by atoms with Gasteiger partial charge in [0.15, 0.2) is 0 Å². The number of hydrogen-bond donors (Lipinski definition) is 2. The molecule has 1 heterocycles. The third-order valence-electron chi connectivity index (χ3n) is 3.07. The predicted molar refractivity (Wildman–Crippen MR) is 80.0 cm³/mol. The molecule has 0 unspecified atom stereocenters. The molecule has 0 saturated carbocycles. The van der Waals surface area contributed by atoms with Gasteiger partial charge in [0, 0.05) is 11.5 Å². The number of sulfonamides is 1. The Kier molecular flexibility index (Phi) is 3.45. The number of hydrogen-bond acceptors (Lipinski definition) is 5. The number of H-pyrrole nitrogens is 1. The quantitative estimate of drug-likeness (QED) is 0.560. The number of aromatic nitrogens is 2. The van der Waals surface area contributed by atoms with Crippen molar-refractivity contribution in [3.63, 3.8) is 0 Å². The Labute approximate surface area is 129 Å². The molecule has 0 saturated heterocycles. The van der Waals surface area contributed by atoms with E-state index in [4.69, 9.17) is 0 Å². The Morgan fingerprint density at radius 3 is 2.74 bits per heavy atom. The summed E-state index contributed by atoms with van der Waals surface area (Å²) in [6.45, 7) is 0. The van der Waals surface area contributed by atoms with Crippen LogP contribution < -0.4 is 4.72 Å². The molecule has 0 amide bonds. The Morgan fingerprint density at radius 2 is 2.00 bits per heavy atom. The summed E-state index contributed by atoms with van der Waals surface area (Å²) in [6.07, 6.45) is 1.57. The van der Waals surface area contributed by atoms with Crippen LogP contribution in [0.25, 0.3) is 10.9 Å². The van der Waals surface area contributed by atoms with E-state index in [2.05, 4.69) is 14.9 Å². The molecular formula is C13H9FN4O4S. The van der Waals surface area contributed by atoms with Crippen molar-refractivity contribution in [2.45, 2.75) is 4.90 Å². The van der Waals surface area contributed by atoms with Crippen LogP contribution in [0.1, 0.15) is 0 Å². The summed E-state index contributed by atoms with van der Waals surface area (Å²) >= 11 is 0. The van der Waals surface area contributed by atoms with Gasteiger partial charge in [-0.15, -0.1) is 0 Å². The lowest BCUT2D eigenvalue weighted by Gasteiger charge is -2.08. The van der Waals surface area contributed by atoms with Crippen molar-refractivity contribution in [1.82, 2.24) is 10.2 Å². The number of rotatable bonds is 4. The highest BCUT2D eigenvalue weighted by molar-refractivity contribution is 7.92. The smallest absolute Gasteiger partial charge is 0.273 e. The summed E-state index contributed by atoms with van der Waals surface area (Å²) in [4.78, 5) is 9.32. The van der Waals surface area contributed by atoms with Gasteiger partial charge < -0.3 is 0 Å². The Balaban J connectivity index is 1.99. The van der Waals surface area contributed by atoms with Crippen LogP contribution in [0.5, 0.6) is 0 Å². The van der Waals surface area contributed by atoms with Gasteiger partial charge in [-0.2, -0.15) is 5.10 Å². The zero-order valence-corrected chi connectivity index (χ0v) is 12.2. The zero-order chi connectivity index (χ0) is 16.6. The van der Waals surface area contributed by atoms with E-state index in [1.54, 1.807) is 12.3 Å². The molecule has 0 aliphatic rings. The summed E-state index contributed by atoms with van der Waals surface area (Å²) in [7, 11) is -4.17. The molecule has 3 aromatic rings. The van der Waals surface area contributed by atoms with E-state index in [0.29, 0.717) is 17.6 Å². The van der Waals surface area contributed by atoms with Crippen molar-refractivity contribution in [1.29, 1.82) is 0 Å². The first-order chi connectivity index (χ1) is 10.8. The molecule has 0 atom stereocenters. The maximum absolute atomic E-state index is 13.4. The van der Waals surface area contributed by atoms with Gasteiger partial charge >= 0.3 is 0 Å². The van der Waals surface area contributed by atoms with E-state index >= 15 is 0 Å². The number of nitrogens with one attached hydrogen (secondary N) is 2. The first kappa shape index (κ1) is 14.9. The Hall–Kier alpha value is -3.01. The van der Waals surface area contributed by atoms with Gasteiger partial charge in [-0.3, -0.25) is 19.9 Å². The molecule has 23 heavy (non-hydrogen) atoms. The van der Waals surface area contributed by atoms with Crippen LogP contribution in [-0.4, -0.2) is 23.5 Å². The third kappa shape index (κ3) is 2.97. The van der Waals surface area contributed by atoms with Crippen LogP contribution >= 0.6 is 0 Å². The molecule has 0 fully saturated rings. The van der Waals surface area contributed by atoms with Gasteiger partial charge in [0.1, 0.15) is 5.82 Å². The van der Waals surface area contributed by atoms with Crippen molar-refractivity contribution in [3.8, 4) is 0 Å². The minimum Gasteiger partial charge on any atom is -0.280 e. The van der Waals surface area contributed by atoms with Crippen LogP contribution in [0.3, 0.4) is 0 Å². The van der Waals surface area contributed by atoms with E-state index in [0.717, 1.165) is 11.5 Å². The first-order valence-electron chi connectivity index (χ1n) is 6.26. The topological polar surface area (TPSA) is 118 Å². The molecule has 2 N–H and O–H groups in total. The minimum absolute atomic E-state index is 0.216. The van der Waals surface area contributed by atoms with E-state index in [1.807, 2.05) is 0 Å². The molecule has 0 aliphatic heterocycles. The van der Waals surface area contributed by atoms with Gasteiger partial charge in [0.2, 0.25) is 0 Å². The molecule has 0 bridgehead atoms. The van der Waals surface area contributed by atoms with Gasteiger partial charge in [-0.25, -0.2) is 12.8 Å². The minimum atomic E-state index is -4.17. The number of benzene rings is 2. The van der Waals surface area contributed by atoms with Crippen molar-refractivity contribution in [3.05, 3.63) is 58.5 Å². The molecular weight excluding hydrogens is 327 g/mol. The highest BCUT2D eigenvalue weighted by atomic mass is 32.2. The SMILES string of the molecule is O=[N+]([O-])c1cc(F)cc(S(=O)(=O)Nc2ccc3cn[nH]c3c2)c1. The van der Waals surface area contributed by atoms with E-state index in [1.165, 1.54) is 12.1 Å². The Morgan fingerprint density at radius 1 is 1.22 bits per heavy atom. The van der Waals surface area contributed by atoms with Gasteiger partial charge in [-0.05, 0) is 24.3 Å². The number of nitro benzene ring substituents is 1. The lowest BCUT2D eigenvalue weighted by Crippen LogP contribution is -2.13. The second kappa shape index (κ2) is 5.32. The molecule has 0 spiro atoms. The van der Waals surface area contributed by atoms with Crippen molar-refractivity contribution in [2.24, 2.45) is 0 Å². The highest BCUT2D eigenvalue weighted by Gasteiger charge is 2.20. The van der Waals surface area contributed by atoms with Crippen molar-refractivity contribution >= 4 is 32.3 Å². The molecule has 10 heteroatoms. The molecule has 1 aromatic heterocycles. The van der Waals surface area contributed by atoms with E-state index < -0.39 is 31.3 Å². The standard InChI is InChI=1S/C13H9FN4O4S/c14-9-3-11(18(19)20)6-12(4-9)23(21,22)17-10-2-1-8-7-15-16-13(8)5-10/h1-7,17H,(H,15,16). The fourth-order valence-corrected chi connectivity index (χ4v) is 3.12. The first-order valence-corrected chi connectivity index (χ1v) is 7.74.